The molecule has 0 spiro atoms. The molecule has 0 aliphatic heterocycles. The first-order valence-corrected chi connectivity index (χ1v) is 5.19. The fraction of sp³-hybridized carbons (Fsp3) is 0.400. The Hall–Kier alpha value is -0.630. The quantitative estimate of drug-likeness (QED) is 0.703. The fourth-order valence-electron chi connectivity index (χ4n) is 0.857. The normalized spacial score (nSPS) is 11.2. The van der Waals surface area contributed by atoms with Crippen molar-refractivity contribution in [1.29, 1.82) is 0 Å². The molecule has 66 valence electrons. The van der Waals surface area contributed by atoms with E-state index in [4.69, 9.17) is 4.42 Å². The third-order valence-corrected chi connectivity index (χ3v) is 2.29. The molecule has 1 aromatic rings. The maximum atomic E-state index is 5.41. The van der Waals surface area contributed by atoms with Gasteiger partial charge in [-0.3, -0.25) is 0 Å². The van der Waals surface area contributed by atoms with Crippen LogP contribution in [0.25, 0.3) is 0 Å². The topological polar surface area (TPSA) is 13.1 Å². The van der Waals surface area contributed by atoms with E-state index < -0.39 is 0 Å². The molecule has 1 rings (SSSR count). The number of hydrogen-bond acceptors (Lipinski definition) is 2. The summed E-state index contributed by atoms with van der Waals surface area (Å²) in [6.07, 6.45) is 3.25. The molecule has 12 heavy (non-hydrogen) atoms. The van der Waals surface area contributed by atoms with Crippen LogP contribution < -0.4 is 0 Å². The van der Waals surface area contributed by atoms with Crippen molar-refractivity contribution in [2.75, 3.05) is 0 Å². The second kappa shape index (κ2) is 5.09. The van der Waals surface area contributed by atoms with Gasteiger partial charge in [-0.25, -0.2) is 0 Å². The second-order valence-electron chi connectivity index (χ2n) is 2.60. The van der Waals surface area contributed by atoms with Gasteiger partial charge in [0.25, 0.3) is 0 Å². The van der Waals surface area contributed by atoms with Gasteiger partial charge in [-0.05, 0) is 30.9 Å². The minimum Gasteiger partial charge on any atom is -0.465 e. The van der Waals surface area contributed by atoms with Crippen LogP contribution in [-0.2, 0) is 5.75 Å². The second-order valence-corrected chi connectivity index (χ2v) is 3.50. The van der Waals surface area contributed by atoms with Crippen molar-refractivity contribution in [3.05, 3.63) is 35.1 Å². The summed E-state index contributed by atoms with van der Waals surface area (Å²) in [4.78, 5) is 0. The van der Waals surface area contributed by atoms with Gasteiger partial charge in [-0.2, -0.15) is 0 Å². The fourth-order valence-corrected chi connectivity index (χ4v) is 1.60. The van der Waals surface area contributed by atoms with Crippen LogP contribution in [0.5, 0.6) is 0 Å². The highest BCUT2D eigenvalue weighted by atomic mass is 32.2. The lowest BCUT2D eigenvalue weighted by molar-refractivity contribution is 0.501. The number of rotatable bonds is 4. The lowest BCUT2D eigenvalue weighted by Gasteiger charge is -1.90. The van der Waals surface area contributed by atoms with Gasteiger partial charge in [0.2, 0.25) is 0 Å². The zero-order valence-corrected chi connectivity index (χ0v) is 8.36. The Morgan fingerprint density at radius 3 is 2.92 bits per heavy atom. The van der Waals surface area contributed by atoms with E-state index in [2.05, 4.69) is 18.4 Å². The molecule has 1 heterocycles. The number of hydrogen-bond donors (Lipinski definition) is 0. The summed E-state index contributed by atoms with van der Waals surface area (Å²) in [5.41, 5.74) is 0. The van der Waals surface area contributed by atoms with E-state index in [1.807, 2.05) is 19.1 Å². The van der Waals surface area contributed by atoms with E-state index in [0.717, 1.165) is 23.7 Å². The zero-order chi connectivity index (χ0) is 8.81. The maximum Gasteiger partial charge on any atom is 0.114 e. The molecule has 0 fully saturated rings. The highest BCUT2D eigenvalue weighted by Crippen LogP contribution is 2.15. The summed E-state index contributed by atoms with van der Waals surface area (Å²) in [7, 11) is 0. The summed E-state index contributed by atoms with van der Waals surface area (Å²) in [6.45, 7) is 4.10. The summed E-state index contributed by atoms with van der Waals surface area (Å²) in [5.74, 6) is 2.98. The van der Waals surface area contributed by atoms with Gasteiger partial charge in [0.05, 0.1) is 5.75 Å². The molecule has 0 aliphatic carbocycles. The SMILES string of the molecule is CC/C=C/SCc1ccc(C)o1. The Bertz CT molecular complexity index is 250. The lowest BCUT2D eigenvalue weighted by Crippen LogP contribution is -1.70. The van der Waals surface area contributed by atoms with Gasteiger partial charge in [0, 0.05) is 0 Å². The third kappa shape index (κ3) is 3.18. The van der Waals surface area contributed by atoms with Crippen molar-refractivity contribution in [1.82, 2.24) is 0 Å². The Kier molecular flexibility index (Phi) is 4.01. The van der Waals surface area contributed by atoms with Crippen LogP contribution in [0.1, 0.15) is 24.9 Å². The Morgan fingerprint density at radius 1 is 1.50 bits per heavy atom. The molecule has 0 aliphatic rings. The van der Waals surface area contributed by atoms with Crippen LogP contribution in [0.3, 0.4) is 0 Å². The molecule has 0 saturated carbocycles. The summed E-state index contributed by atoms with van der Waals surface area (Å²) in [6, 6.07) is 4.03. The molecule has 0 radical (unpaired) electrons. The maximum absolute atomic E-state index is 5.41. The number of thioether (sulfide) groups is 1. The average Bonchev–Trinajstić information content (AvgIpc) is 2.45. The number of allylic oxidation sites excluding steroid dienone is 1. The van der Waals surface area contributed by atoms with Crippen molar-refractivity contribution < 1.29 is 4.42 Å². The highest BCUT2D eigenvalue weighted by molar-refractivity contribution is 8.01. The van der Waals surface area contributed by atoms with Gasteiger partial charge >= 0.3 is 0 Å². The summed E-state index contributed by atoms with van der Waals surface area (Å²) < 4.78 is 5.41. The van der Waals surface area contributed by atoms with E-state index in [1.165, 1.54) is 0 Å². The van der Waals surface area contributed by atoms with Gasteiger partial charge in [0.1, 0.15) is 11.5 Å². The molecular formula is C10H14OS. The van der Waals surface area contributed by atoms with Crippen molar-refractivity contribution >= 4 is 11.8 Å². The van der Waals surface area contributed by atoms with Crippen LogP contribution in [0, 0.1) is 6.92 Å². The van der Waals surface area contributed by atoms with Crippen molar-refractivity contribution in [2.24, 2.45) is 0 Å². The van der Waals surface area contributed by atoms with E-state index in [0.29, 0.717) is 0 Å². The molecule has 0 aromatic carbocycles. The van der Waals surface area contributed by atoms with Crippen LogP contribution in [0.4, 0.5) is 0 Å². The minimum atomic E-state index is 0.935. The van der Waals surface area contributed by atoms with E-state index >= 15 is 0 Å². The predicted molar refractivity (Wildman–Crippen MR) is 54.2 cm³/mol. The Morgan fingerprint density at radius 2 is 2.33 bits per heavy atom. The molecule has 0 unspecified atom stereocenters. The molecule has 0 atom stereocenters. The molecule has 0 saturated heterocycles. The van der Waals surface area contributed by atoms with Crippen LogP contribution in [0.2, 0.25) is 0 Å². The standard InChI is InChI=1S/C10H14OS/c1-3-4-7-12-8-10-6-5-9(2)11-10/h4-7H,3,8H2,1-2H3/b7-4+. The Balaban J connectivity index is 2.28. The van der Waals surface area contributed by atoms with Crippen molar-refractivity contribution in [3.8, 4) is 0 Å². The smallest absolute Gasteiger partial charge is 0.114 e. The van der Waals surface area contributed by atoms with Gasteiger partial charge < -0.3 is 4.42 Å². The first kappa shape index (κ1) is 9.46. The molecule has 0 N–H and O–H groups in total. The van der Waals surface area contributed by atoms with Gasteiger partial charge in [-0.15, -0.1) is 11.8 Å². The minimum absolute atomic E-state index is 0.935. The average molecular weight is 182 g/mol. The highest BCUT2D eigenvalue weighted by Gasteiger charge is 1.95. The molecule has 1 aromatic heterocycles. The summed E-state index contributed by atoms with van der Waals surface area (Å²) >= 11 is 1.77. The van der Waals surface area contributed by atoms with Crippen LogP contribution in [-0.4, -0.2) is 0 Å². The monoisotopic (exact) mass is 182 g/mol. The van der Waals surface area contributed by atoms with E-state index in [1.54, 1.807) is 11.8 Å². The number of furan rings is 1. The zero-order valence-electron chi connectivity index (χ0n) is 7.54. The summed E-state index contributed by atoms with van der Waals surface area (Å²) in [5, 5.41) is 2.12. The van der Waals surface area contributed by atoms with Crippen molar-refractivity contribution in [2.45, 2.75) is 26.0 Å². The third-order valence-electron chi connectivity index (χ3n) is 1.45. The first-order chi connectivity index (χ1) is 5.83. The van der Waals surface area contributed by atoms with Crippen LogP contribution >= 0.6 is 11.8 Å². The molecule has 0 bridgehead atoms. The van der Waals surface area contributed by atoms with Gasteiger partial charge in [0.15, 0.2) is 0 Å². The van der Waals surface area contributed by atoms with Crippen LogP contribution in [0.15, 0.2) is 28.0 Å². The van der Waals surface area contributed by atoms with Gasteiger partial charge in [-0.1, -0.05) is 13.0 Å². The number of aryl methyl sites for hydroxylation is 1. The molecular weight excluding hydrogens is 168 g/mol. The Labute approximate surface area is 77.8 Å². The molecule has 2 heteroatoms. The van der Waals surface area contributed by atoms with E-state index in [-0.39, 0.29) is 0 Å². The molecule has 1 nitrogen and oxygen atoms in total. The van der Waals surface area contributed by atoms with Crippen molar-refractivity contribution in [3.63, 3.8) is 0 Å². The predicted octanol–water partition coefficient (Wildman–Crippen LogP) is 3.74. The first-order valence-electron chi connectivity index (χ1n) is 4.15. The largest absolute Gasteiger partial charge is 0.465 e. The van der Waals surface area contributed by atoms with E-state index in [9.17, 15) is 0 Å². The lowest BCUT2D eigenvalue weighted by atomic mass is 10.5. The molecule has 0 amide bonds.